The van der Waals surface area contributed by atoms with Crippen molar-refractivity contribution in [2.45, 2.75) is 20.0 Å². The summed E-state index contributed by atoms with van der Waals surface area (Å²) >= 11 is 0. The second kappa shape index (κ2) is 6.69. The summed E-state index contributed by atoms with van der Waals surface area (Å²) in [7, 11) is 0. The fourth-order valence-corrected chi connectivity index (χ4v) is 1.49. The number of nitrogens with zero attached hydrogens (tertiary/aromatic N) is 1. The van der Waals surface area contributed by atoms with Crippen molar-refractivity contribution >= 4 is 17.3 Å². The van der Waals surface area contributed by atoms with E-state index >= 15 is 0 Å². The van der Waals surface area contributed by atoms with Crippen molar-refractivity contribution in [2.75, 3.05) is 18.4 Å². The molecule has 0 radical (unpaired) electrons. The van der Waals surface area contributed by atoms with Crippen LogP contribution >= 0.6 is 0 Å². The molecule has 7 heteroatoms. The summed E-state index contributed by atoms with van der Waals surface area (Å²) in [4.78, 5) is 22.0. The highest BCUT2D eigenvalue weighted by Crippen LogP contribution is 2.25. The highest BCUT2D eigenvalue weighted by atomic mass is 16.6. The number of amides is 1. The molecule has 0 aliphatic heterocycles. The Labute approximate surface area is 110 Å². The summed E-state index contributed by atoms with van der Waals surface area (Å²) < 4.78 is 0. The summed E-state index contributed by atoms with van der Waals surface area (Å²) in [6, 6.07) is 4.18. The first-order chi connectivity index (χ1) is 8.95. The van der Waals surface area contributed by atoms with Gasteiger partial charge in [-0.2, -0.15) is 0 Å². The van der Waals surface area contributed by atoms with Gasteiger partial charge in [-0.05, 0) is 26.0 Å². The molecule has 1 amide bonds. The molecule has 3 N–H and O–H groups in total. The van der Waals surface area contributed by atoms with Gasteiger partial charge in [0.2, 0.25) is 0 Å². The molecule has 7 nitrogen and oxygen atoms in total. The van der Waals surface area contributed by atoms with Crippen molar-refractivity contribution in [2.24, 2.45) is 0 Å². The Morgan fingerprint density at radius 3 is 2.74 bits per heavy atom. The lowest BCUT2D eigenvalue weighted by atomic mass is 10.1. The molecular weight excluding hydrogens is 250 g/mol. The normalized spacial score (nSPS) is 11.7. The zero-order chi connectivity index (χ0) is 14.4. The van der Waals surface area contributed by atoms with Crippen LogP contribution in [0.1, 0.15) is 24.2 Å². The van der Waals surface area contributed by atoms with Crippen molar-refractivity contribution < 1.29 is 14.8 Å². The number of carbonyl (C=O) groups excluding carboxylic acids is 1. The van der Waals surface area contributed by atoms with Gasteiger partial charge in [-0.25, -0.2) is 0 Å². The quantitative estimate of drug-likeness (QED) is 0.529. The Bertz CT molecular complexity index is 474. The minimum atomic E-state index is -0.623. The van der Waals surface area contributed by atoms with Crippen LogP contribution in [0.15, 0.2) is 18.2 Å². The number of rotatable bonds is 6. The fraction of sp³-hybridized carbons (Fsp3) is 0.417. The average Bonchev–Trinajstić information content (AvgIpc) is 2.36. The molecule has 1 unspecified atom stereocenters. The van der Waals surface area contributed by atoms with Gasteiger partial charge < -0.3 is 15.7 Å². The van der Waals surface area contributed by atoms with E-state index in [1.165, 1.54) is 18.2 Å². The minimum absolute atomic E-state index is 0.190. The Kier molecular flexibility index (Phi) is 5.25. The number of nitrogens with one attached hydrogen (secondary N) is 2. The van der Waals surface area contributed by atoms with Crippen LogP contribution in [0.4, 0.5) is 11.4 Å². The van der Waals surface area contributed by atoms with Gasteiger partial charge in [-0.1, -0.05) is 0 Å². The second-order valence-corrected chi connectivity index (χ2v) is 4.08. The first-order valence-corrected chi connectivity index (χ1v) is 5.94. The maximum atomic E-state index is 11.6. The number of hydrogen-bond donors (Lipinski definition) is 3. The summed E-state index contributed by atoms with van der Waals surface area (Å²) in [5, 5.41) is 25.5. The maximum Gasteiger partial charge on any atom is 0.293 e. The van der Waals surface area contributed by atoms with Crippen LogP contribution in [0.3, 0.4) is 0 Å². The molecular formula is C12H17N3O4. The highest BCUT2D eigenvalue weighted by Gasteiger charge is 2.17. The van der Waals surface area contributed by atoms with Crippen LogP contribution in [0.5, 0.6) is 0 Å². The summed E-state index contributed by atoms with van der Waals surface area (Å²) in [5.74, 6) is -0.354. The molecule has 104 valence electrons. The molecule has 0 saturated carbocycles. The van der Waals surface area contributed by atoms with Crippen molar-refractivity contribution in [1.29, 1.82) is 0 Å². The first kappa shape index (κ1) is 14.9. The Hall–Kier alpha value is -2.15. The van der Waals surface area contributed by atoms with Crippen molar-refractivity contribution in [3.63, 3.8) is 0 Å². The average molecular weight is 267 g/mol. The number of anilines is 1. The molecule has 0 heterocycles. The maximum absolute atomic E-state index is 11.6. The van der Waals surface area contributed by atoms with E-state index in [9.17, 15) is 14.9 Å². The van der Waals surface area contributed by atoms with E-state index in [2.05, 4.69) is 10.6 Å². The third-order valence-corrected chi connectivity index (χ3v) is 2.38. The summed E-state index contributed by atoms with van der Waals surface area (Å²) in [5.41, 5.74) is 0.319. The zero-order valence-electron chi connectivity index (χ0n) is 10.8. The van der Waals surface area contributed by atoms with Gasteiger partial charge in [0.1, 0.15) is 5.69 Å². The van der Waals surface area contributed by atoms with E-state index in [0.29, 0.717) is 6.54 Å². The van der Waals surface area contributed by atoms with Gasteiger partial charge in [-0.15, -0.1) is 0 Å². The van der Waals surface area contributed by atoms with Crippen LogP contribution in [0, 0.1) is 10.1 Å². The van der Waals surface area contributed by atoms with Crippen molar-refractivity contribution in [3.05, 3.63) is 33.9 Å². The molecule has 19 heavy (non-hydrogen) atoms. The molecule has 0 aliphatic rings. The largest absolute Gasteiger partial charge is 0.392 e. The molecule has 1 aromatic carbocycles. The number of benzene rings is 1. The van der Waals surface area contributed by atoms with E-state index in [0.717, 1.165) is 0 Å². The summed E-state index contributed by atoms with van der Waals surface area (Å²) in [6.45, 7) is 3.99. The van der Waals surface area contributed by atoms with Crippen molar-refractivity contribution in [1.82, 2.24) is 5.32 Å². The third kappa shape index (κ3) is 4.22. The number of aliphatic hydroxyl groups is 1. The van der Waals surface area contributed by atoms with Crippen molar-refractivity contribution in [3.8, 4) is 0 Å². The van der Waals surface area contributed by atoms with Gasteiger partial charge >= 0.3 is 0 Å². The molecule has 0 saturated heterocycles. The molecule has 0 aliphatic carbocycles. The topological polar surface area (TPSA) is 104 Å². The van der Waals surface area contributed by atoms with Crippen LogP contribution in [0.2, 0.25) is 0 Å². The van der Waals surface area contributed by atoms with Crippen LogP contribution in [0.25, 0.3) is 0 Å². The SMILES string of the molecule is CCNC(=O)c1ccc(NCC(C)O)c([N+](=O)[O-])c1. The lowest BCUT2D eigenvalue weighted by Crippen LogP contribution is -2.23. The summed E-state index contributed by atoms with van der Waals surface area (Å²) in [6.07, 6.45) is -0.623. The predicted octanol–water partition coefficient (Wildman–Crippen LogP) is 1.14. The van der Waals surface area contributed by atoms with Crippen LogP contribution < -0.4 is 10.6 Å². The van der Waals surface area contributed by atoms with E-state index in [4.69, 9.17) is 5.11 Å². The van der Waals surface area contributed by atoms with Gasteiger partial charge in [0.25, 0.3) is 11.6 Å². The molecule has 1 atom stereocenters. The molecule has 0 spiro atoms. The molecule has 0 aromatic heterocycles. The predicted molar refractivity (Wildman–Crippen MR) is 71.3 cm³/mol. The van der Waals surface area contributed by atoms with E-state index in [1.807, 2.05) is 0 Å². The minimum Gasteiger partial charge on any atom is -0.392 e. The monoisotopic (exact) mass is 267 g/mol. The fourth-order valence-electron chi connectivity index (χ4n) is 1.49. The molecule has 0 fully saturated rings. The van der Waals surface area contributed by atoms with E-state index in [1.54, 1.807) is 13.8 Å². The van der Waals surface area contributed by atoms with Gasteiger partial charge in [0.15, 0.2) is 0 Å². The lowest BCUT2D eigenvalue weighted by molar-refractivity contribution is -0.384. The zero-order valence-corrected chi connectivity index (χ0v) is 10.8. The third-order valence-electron chi connectivity index (χ3n) is 2.38. The highest BCUT2D eigenvalue weighted by molar-refractivity contribution is 5.95. The number of nitro groups is 1. The number of carbonyl (C=O) groups is 1. The standard InChI is InChI=1S/C12H17N3O4/c1-3-13-12(17)9-4-5-10(14-7-8(2)16)11(6-9)15(18)19/h4-6,8,14,16H,3,7H2,1-2H3,(H,13,17). The van der Waals surface area contributed by atoms with Gasteiger partial charge in [0, 0.05) is 24.7 Å². The number of nitro benzene ring substituents is 1. The van der Waals surface area contributed by atoms with Crippen LogP contribution in [-0.2, 0) is 0 Å². The first-order valence-electron chi connectivity index (χ1n) is 5.94. The molecule has 1 aromatic rings. The molecule has 0 bridgehead atoms. The molecule has 1 rings (SSSR count). The van der Waals surface area contributed by atoms with E-state index in [-0.39, 0.29) is 29.4 Å². The number of aliphatic hydroxyl groups excluding tert-OH is 1. The van der Waals surface area contributed by atoms with Crippen LogP contribution in [-0.4, -0.2) is 35.1 Å². The number of hydrogen-bond acceptors (Lipinski definition) is 5. The van der Waals surface area contributed by atoms with Gasteiger partial charge in [0.05, 0.1) is 11.0 Å². The van der Waals surface area contributed by atoms with E-state index < -0.39 is 11.0 Å². The second-order valence-electron chi connectivity index (χ2n) is 4.08. The smallest absolute Gasteiger partial charge is 0.293 e. The Morgan fingerprint density at radius 2 is 2.21 bits per heavy atom. The Morgan fingerprint density at radius 1 is 1.53 bits per heavy atom. The lowest BCUT2D eigenvalue weighted by Gasteiger charge is -2.10. The Balaban J connectivity index is 3.01. The van der Waals surface area contributed by atoms with Gasteiger partial charge in [-0.3, -0.25) is 14.9 Å².